The Labute approximate surface area is 120 Å². The van der Waals surface area contributed by atoms with Gasteiger partial charge >= 0.3 is 0 Å². The second-order valence-corrected chi connectivity index (χ2v) is 4.76. The molecule has 106 valence electrons. The van der Waals surface area contributed by atoms with Gasteiger partial charge in [-0.2, -0.15) is 5.10 Å². The van der Waals surface area contributed by atoms with Crippen molar-refractivity contribution in [1.29, 1.82) is 0 Å². The van der Waals surface area contributed by atoms with Crippen LogP contribution in [-0.4, -0.2) is 9.78 Å². The van der Waals surface area contributed by atoms with Crippen molar-refractivity contribution in [3.8, 4) is 16.9 Å². The van der Waals surface area contributed by atoms with Crippen LogP contribution in [0.3, 0.4) is 0 Å². The van der Waals surface area contributed by atoms with Crippen LogP contribution in [0.4, 0.5) is 14.6 Å². The third-order valence-electron chi connectivity index (χ3n) is 3.30. The molecule has 0 spiro atoms. The Hall–Kier alpha value is -2.69. The highest BCUT2D eigenvalue weighted by atomic mass is 19.1. The maximum Gasteiger partial charge on any atom is 0.130 e. The molecule has 2 aromatic carbocycles. The molecule has 0 aliphatic heterocycles. The largest absolute Gasteiger partial charge is 0.383 e. The lowest BCUT2D eigenvalue weighted by atomic mass is 10.1. The Bertz CT molecular complexity index is 775. The highest BCUT2D eigenvalue weighted by Gasteiger charge is 2.15. The van der Waals surface area contributed by atoms with Crippen molar-refractivity contribution in [3.63, 3.8) is 0 Å². The van der Waals surface area contributed by atoms with Gasteiger partial charge in [-0.3, -0.25) is 0 Å². The number of anilines is 1. The van der Waals surface area contributed by atoms with Crippen molar-refractivity contribution < 1.29 is 8.78 Å². The predicted octanol–water partition coefficient (Wildman–Crippen LogP) is 3.71. The molecule has 3 nitrogen and oxygen atoms in total. The summed E-state index contributed by atoms with van der Waals surface area (Å²) in [5.41, 5.74) is 8.37. The molecule has 1 heterocycles. The van der Waals surface area contributed by atoms with Gasteiger partial charge in [0.2, 0.25) is 0 Å². The van der Waals surface area contributed by atoms with Gasteiger partial charge in [-0.25, -0.2) is 13.5 Å². The molecule has 0 bridgehead atoms. The van der Waals surface area contributed by atoms with Crippen LogP contribution in [0.2, 0.25) is 0 Å². The van der Waals surface area contributed by atoms with E-state index in [1.165, 1.54) is 12.1 Å². The van der Waals surface area contributed by atoms with E-state index in [1.807, 2.05) is 30.3 Å². The van der Waals surface area contributed by atoms with E-state index in [9.17, 15) is 8.78 Å². The highest BCUT2D eigenvalue weighted by molar-refractivity contribution is 5.69. The van der Waals surface area contributed by atoms with E-state index in [1.54, 1.807) is 11.6 Å². The fourth-order valence-corrected chi connectivity index (χ4v) is 2.24. The normalized spacial score (nSPS) is 10.8. The first-order chi connectivity index (χ1) is 10.1. The number of hydrogen-bond acceptors (Lipinski definition) is 2. The Morgan fingerprint density at radius 2 is 1.62 bits per heavy atom. The molecule has 1 aromatic heterocycles. The third-order valence-corrected chi connectivity index (χ3v) is 3.30. The number of hydrogen-bond donors (Lipinski definition) is 1. The molecule has 0 aliphatic carbocycles. The number of benzene rings is 2. The van der Waals surface area contributed by atoms with E-state index in [-0.39, 0.29) is 0 Å². The van der Waals surface area contributed by atoms with Crippen molar-refractivity contribution in [2.75, 3.05) is 5.73 Å². The van der Waals surface area contributed by atoms with Crippen LogP contribution < -0.4 is 5.73 Å². The summed E-state index contributed by atoms with van der Waals surface area (Å²) >= 11 is 0. The van der Waals surface area contributed by atoms with Gasteiger partial charge in [-0.15, -0.1) is 0 Å². The number of nitrogen functional groups attached to an aromatic ring is 1. The first kappa shape index (κ1) is 13.3. The maximum atomic E-state index is 13.4. The highest BCUT2D eigenvalue weighted by Crippen LogP contribution is 2.29. The number of nitrogens with zero attached hydrogens (tertiary/aromatic N) is 2. The third kappa shape index (κ3) is 2.38. The minimum absolute atomic E-state index is 0.367. The Morgan fingerprint density at radius 1 is 1.00 bits per heavy atom. The van der Waals surface area contributed by atoms with E-state index >= 15 is 0 Å². The van der Waals surface area contributed by atoms with Crippen LogP contribution in [0.25, 0.3) is 16.9 Å². The maximum absolute atomic E-state index is 13.4. The first-order valence-corrected chi connectivity index (χ1v) is 6.43. The summed E-state index contributed by atoms with van der Waals surface area (Å²) in [7, 11) is 0. The zero-order valence-corrected chi connectivity index (χ0v) is 11.3. The molecule has 0 saturated heterocycles. The van der Waals surface area contributed by atoms with Gasteiger partial charge in [0.1, 0.15) is 17.5 Å². The van der Waals surface area contributed by atoms with Gasteiger partial charge in [-0.1, -0.05) is 18.2 Å². The standard InChI is InChI=1S/C16H13F2N3/c1-10-15(11-7-12(17)9-13(18)8-11)20-21(16(10)19)14-5-3-2-4-6-14/h2-9H,19H2,1H3. The average molecular weight is 285 g/mol. The minimum atomic E-state index is -0.641. The molecule has 2 N–H and O–H groups in total. The zero-order valence-electron chi connectivity index (χ0n) is 11.3. The monoisotopic (exact) mass is 285 g/mol. The lowest BCUT2D eigenvalue weighted by Crippen LogP contribution is -2.01. The summed E-state index contributed by atoms with van der Waals surface area (Å²) in [6.45, 7) is 1.78. The molecule has 0 radical (unpaired) electrons. The Balaban J connectivity index is 2.17. The fraction of sp³-hybridized carbons (Fsp3) is 0.0625. The summed E-state index contributed by atoms with van der Waals surface area (Å²) in [6, 6.07) is 12.7. The topological polar surface area (TPSA) is 43.8 Å². The predicted molar refractivity (Wildman–Crippen MR) is 78.1 cm³/mol. The van der Waals surface area contributed by atoms with Crippen LogP contribution in [0.1, 0.15) is 5.56 Å². The molecular weight excluding hydrogens is 272 g/mol. The van der Waals surface area contributed by atoms with Gasteiger partial charge < -0.3 is 5.73 Å². The van der Waals surface area contributed by atoms with Gasteiger partial charge in [0, 0.05) is 17.2 Å². The van der Waals surface area contributed by atoms with Gasteiger partial charge in [-0.05, 0) is 31.2 Å². The molecule has 0 saturated carbocycles. The summed E-state index contributed by atoms with van der Waals surface area (Å²) in [6.07, 6.45) is 0. The quantitative estimate of drug-likeness (QED) is 0.780. The van der Waals surface area contributed by atoms with Crippen molar-refractivity contribution in [2.45, 2.75) is 6.92 Å². The lowest BCUT2D eigenvalue weighted by molar-refractivity contribution is 0.584. The lowest BCUT2D eigenvalue weighted by Gasteiger charge is -2.02. The summed E-state index contributed by atoms with van der Waals surface area (Å²) < 4.78 is 28.3. The van der Waals surface area contributed by atoms with E-state index in [0.29, 0.717) is 22.6 Å². The average Bonchev–Trinajstić information content (AvgIpc) is 2.75. The molecule has 0 aliphatic rings. The molecular formula is C16H13F2N3. The van der Waals surface area contributed by atoms with Crippen LogP contribution >= 0.6 is 0 Å². The van der Waals surface area contributed by atoms with Crippen molar-refractivity contribution in [1.82, 2.24) is 9.78 Å². The summed E-state index contributed by atoms with van der Waals surface area (Å²) in [5, 5.41) is 4.39. The fourth-order valence-electron chi connectivity index (χ4n) is 2.24. The van der Waals surface area contributed by atoms with Crippen molar-refractivity contribution >= 4 is 5.82 Å². The van der Waals surface area contributed by atoms with Crippen molar-refractivity contribution in [2.24, 2.45) is 0 Å². The smallest absolute Gasteiger partial charge is 0.130 e. The van der Waals surface area contributed by atoms with Crippen LogP contribution in [-0.2, 0) is 0 Å². The SMILES string of the molecule is Cc1c(-c2cc(F)cc(F)c2)nn(-c2ccccc2)c1N. The van der Waals surface area contributed by atoms with Crippen LogP contribution in [0.5, 0.6) is 0 Å². The molecule has 0 atom stereocenters. The van der Waals surface area contributed by atoms with Crippen LogP contribution in [0.15, 0.2) is 48.5 Å². The zero-order chi connectivity index (χ0) is 15.0. The van der Waals surface area contributed by atoms with E-state index < -0.39 is 11.6 Å². The summed E-state index contributed by atoms with van der Waals surface area (Å²) in [5.74, 6) is -0.838. The molecule has 21 heavy (non-hydrogen) atoms. The van der Waals surface area contributed by atoms with Gasteiger partial charge in [0.25, 0.3) is 0 Å². The molecule has 0 fully saturated rings. The Kier molecular flexibility index (Phi) is 3.17. The van der Waals surface area contributed by atoms with Crippen LogP contribution in [0, 0.1) is 18.6 Å². The second kappa shape index (κ2) is 5.01. The van der Waals surface area contributed by atoms with E-state index in [2.05, 4.69) is 5.10 Å². The number of aromatic nitrogens is 2. The number of nitrogens with two attached hydrogens (primary N) is 1. The minimum Gasteiger partial charge on any atom is -0.383 e. The van der Waals surface area contributed by atoms with Gasteiger partial charge in [0.05, 0.1) is 11.4 Å². The van der Waals surface area contributed by atoms with E-state index in [0.717, 1.165) is 11.8 Å². The molecule has 3 aromatic rings. The Morgan fingerprint density at radius 3 is 2.24 bits per heavy atom. The molecule has 3 rings (SSSR count). The number of rotatable bonds is 2. The van der Waals surface area contributed by atoms with E-state index in [4.69, 9.17) is 5.73 Å². The first-order valence-electron chi connectivity index (χ1n) is 6.43. The summed E-state index contributed by atoms with van der Waals surface area (Å²) in [4.78, 5) is 0. The second-order valence-electron chi connectivity index (χ2n) is 4.76. The van der Waals surface area contributed by atoms with Gasteiger partial charge in [0.15, 0.2) is 0 Å². The number of halogens is 2. The molecule has 0 amide bonds. The number of para-hydroxylation sites is 1. The molecule has 5 heteroatoms. The molecule has 0 unspecified atom stereocenters. The van der Waals surface area contributed by atoms with Crippen molar-refractivity contribution in [3.05, 3.63) is 65.7 Å².